The number of aliphatic imine (C=N–C) groups is 1. The van der Waals surface area contributed by atoms with E-state index in [1.807, 2.05) is 27.7 Å². The van der Waals surface area contributed by atoms with Gasteiger partial charge in [-0.1, -0.05) is 0 Å². The zero-order valence-electron chi connectivity index (χ0n) is 14.3. The Morgan fingerprint density at radius 2 is 1.92 bits per heavy atom. The van der Waals surface area contributed by atoms with Crippen LogP contribution in [0.25, 0.3) is 0 Å². The summed E-state index contributed by atoms with van der Waals surface area (Å²) in [7, 11) is 0. The van der Waals surface area contributed by atoms with Crippen molar-refractivity contribution in [3.05, 3.63) is 23.9 Å². The first-order chi connectivity index (χ1) is 10.6. The van der Waals surface area contributed by atoms with Gasteiger partial charge in [0.1, 0.15) is 5.82 Å². The molecule has 1 aromatic heterocycles. The lowest BCUT2D eigenvalue weighted by atomic mass is 10.1. The highest BCUT2D eigenvalue weighted by atomic mass is 127. The number of rotatable bonds is 5. The Balaban J connectivity index is 0.00000529. The molecule has 24 heavy (non-hydrogen) atoms. The summed E-state index contributed by atoms with van der Waals surface area (Å²) >= 11 is 0. The van der Waals surface area contributed by atoms with Crippen molar-refractivity contribution in [2.45, 2.75) is 39.4 Å². The van der Waals surface area contributed by atoms with Crippen molar-refractivity contribution >= 4 is 35.8 Å². The lowest BCUT2D eigenvalue weighted by Gasteiger charge is -2.23. The molecule has 0 unspecified atom stereocenters. The first-order valence-electron chi connectivity index (χ1n) is 7.46. The summed E-state index contributed by atoms with van der Waals surface area (Å²) in [5.41, 5.74) is -0.928. The van der Waals surface area contributed by atoms with Gasteiger partial charge in [-0.15, -0.1) is 24.0 Å². The van der Waals surface area contributed by atoms with E-state index in [-0.39, 0.29) is 41.9 Å². The molecule has 9 heteroatoms. The number of anilines is 1. The number of aromatic nitrogens is 1. The molecule has 0 atom stereocenters. The van der Waals surface area contributed by atoms with E-state index in [9.17, 15) is 13.2 Å². The van der Waals surface area contributed by atoms with Crippen molar-refractivity contribution < 1.29 is 13.2 Å². The maximum absolute atomic E-state index is 12.8. The van der Waals surface area contributed by atoms with Crippen LogP contribution in [0.2, 0.25) is 0 Å². The molecule has 1 aromatic rings. The van der Waals surface area contributed by atoms with E-state index in [1.54, 1.807) is 0 Å². The van der Waals surface area contributed by atoms with E-state index in [4.69, 9.17) is 0 Å². The summed E-state index contributed by atoms with van der Waals surface area (Å²) in [5, 5.41) is 8.98. The van der Waals surface area contributed by atoms with Gasteiger partial charge < -0.3 is 16.0 Å². The standard InChI is InChI=1S/C15H24F3N5.HI/c1-5-19-13(23-14(2,3)4)22-10-9-21-12-11(15(16,17)18)7-6-8-20-12;/h6-8H,5,9-10H2,1-4H3,(H,20,21)(H2,19,22,23);1H. The van der Waals surface area contributed by atoms with Crippen molar-refractivity contribution in [3.63, 3.8) is 0 Å². The van der Waals surface area contributed by atoms with E-state index in [0.717, 1.165) is 6.07 Å². The zero-order chi connectivity index (χ0) is 17.5. The Labute approximate surface area is 157 Å². The van der Waals surface area contributed by atoms with Gasteiger partial charge >= 0.3 is 6.18 Å². The molecule has 0 radical (unpaired) electrons. The van der Waals surface area contributed by atoms with Gasteiger partial charge in [-0.2, -0.15) is 13.2 Å². The number of alkyl halides is 3. The molecule has 0 saturated carbocycles. The molecule has 0 aliphatic rings. The van der Waals surface area contributed by atoms with Crippen LogP contribution in [0.1, 0.15) is 33.3 Å². The molecule has 0 saturated heterocycles. The van der Waals surface area contributed by atoms with Crippen molar-refractivity contribution in [2.75, 3.05) is 25.0 Å². The van der Waals surface area contributed by atoms with E-state index in [2.05, 4.69) is 25.9 Å². The maximum atomic E-state index is 12.8. The van der Waals surface area contributed by atoms with Gasteiger partial charge in [-0.05, 0) is 39.8 Å². The van der Waals surface area contributed by atoms with Crippen LogP contribution in [-0.2, 0) is 6.18 Å². The lowest BCUT2D eigenvalue weighted by Crippen LogP contribution is -2.47. The fraction of sp³-hybridized carbons (Fsp3) is 0.600. The molecule has 0 aliphatic heterocycles. The largest absolute Gasteiger partial charge is 0.419 e. The number of halogens is 4. The van der Waals surface area contributed by atoms with Gasteiger partial charge in [0, 0.05) is 24.8 Å². The summed E-state index contributed by atoms with van der Waals surface area (Å²) < 4.78 is 38.5. The van der Waals surface area contributed by atoms with Crippen LogP contribution in [0.5, 0.6) is 0 Å². The van der Waals surface area contributed by atoms with Crippen molar-refractivity contribution in [1.82, 2.24) is 15.6 Å². The third-order valence-electron chi connectivity index (χ3n) is 2.62. The third-order valence-corrected chi connectivity index (χ3v) is 2.62. The summed E-state index contributed by atoms with van der Waals surface area (Å²) in [6.45, 7) is 9.22. The van der Waals surface area contributed by atoms with Gasteiger partial charge in [0.25, 0.3) is 0 Å². The minimum atomic E-state index is -4.43. The molecule has 0 aliphatic carbocycles. The van der Waals surface area contributed by atoms with Crippen LogP contribution < -0.4 is 16.0 Å². The highest BCUT2D eigenvalue weighted by Crippen LogP contribution is 2.33. The summed E-state index contributed by atoms with van der Waals surface area (Å²) in [6, 6.07) is 2.27. The predicted octanol–water partition coefficient (Wildman–Crippen LogP) is 3.48. The first-order valence-corrected chi connectivity index (χ1v) is 7.46. The van der Waals surface area contributed by atoms with Crippen LogP contribution in [-0.4, -0.2) is 36.1 Å². The average Bonchev–Trinajstić information content (AvgIpc) is 2.41. The van der Waals surface area contributed by atoms with E-state index in [1.165, 1.54) is 12.3 Å². The second kappa shape index (κ2) is 9.90. The molecule has 3 N–H and O–H groups in total. The van der Waals surface area contributed by atoms with E-state index < -0.39 is 11.7 Å². The van der Waals surface area contributed by atoms with Crippen molar-refractivity contribution in [1.29, 1.82) is 0 Å². The number of guanidine groups is 1. The Morgan fingerprint density at radius 1 is 1.25 bits per heavy atom. The van der Waals surface area contributed by atoms with Crippen LogP contribution in [0.4, 0.5) is 19.0 Å². The first kappa shape index (κ1) is 22.7. The minimum Gasteiger partial charge on any atom is -0.368 e. The summed E-state index contributed by atoms with van der Waals surface area (Å²) in [4.78, 5) is 8.08. The van der Waals surface area contributed by atoms with Gasteiger partial charge in [0.15, 0.2) is 5.96 Å². The second-order valence-electron chi connectivity index (χ2n) is 5.96. The van der Waals surface area contributed by atoms with Gasteiger partial charge in [-0.3, -0.25) is 4.99 Å². The maximum Gasteiger partial charge on any atom is 0.419 e. The van der Waals surface area contributed by atoms with Gasteiger partial charge in [0.2, 0.25) is 0 Å². The Bertz CT molecular complexity index is 527. The van der Waals surface area contributed by atoms with E-state index in [0.29, 0.717) is 19.0 Å². The summed E-state index contributed by atoms with van der Waals surface area (Å²) in [6.07, 6.45) is -3.10. The topological polar surface area (TPSA) is 61.3 Å². The van der Waals surface area contributed by atoms with Crippen LogP contribution in [0, 0.1) is 0 Å². The Hall–Kier alpha value is -1.26. The monoisotopic (exact) mass is 459 g/mol. The molecular weight excluding hydrogens is 434 g/mol. The number of nitrogens with one attached hydrogen (secondary N) is 3. The van der Waals surface area contributed by atoms with E-state index >= 15 is 0 Å². The fourth-order valence-electron chi connectivity index (χ4n) is 1.78. The molecule has 0 amide bonds. The van der Waals surface area contributed by atoms with Crippen LogP contribution in [0.15, 0.2) is 23.3 Å². The minimum absolute atomic E-state index is 0. The molecular formula is C15H25F3IN5. The molecule has 1 heterocycles. The number of hydrogen-bond donors (Lipinski definition) is 3. The predicted molar refractivity (Wildman–Crippen MR) is 102 cm³/mol. The number of nitrogens with zero attached hydrogens (tertiary/aromatic N) is 2. The number of hydrogen-bond acceptors (Lipinski definition) is 3. The van der Waals surface area contributed by atoms with Crippen LogP contribution in [0.3, 0.4) is 0 Å². The SMILES string of the molecule is CCNC(=NCCNc1ncccc1C(F)(F)F)NC(C)(C)C.I. The zero-order valence-corrected chi connectivity index (χ0v) is 16.6. The lowest BCUT2D eigenvalue weighted by molar-refractivity contribution is -0.137. The van der Waals surface area contributed by atoms with Gasteiger partial charge in [0.05, 0.1) is 12.1 Å². The molecule has 138 valence electrons. The average molecular weight is 459 g/mol. The Kier molecular flexibility index (Phi) is 9.38. The second-order valence-corrected chi connectivity index (χ2v) is 5.96. The quantitative estimate of drug-likeness (QED) is 0.273. The van der Waals surface area contributed by atoms with Gasteiger partial charge in [-0.25, -0.2) is 4.98 Å². The highest BCUT2D eigenvalue weighted by molar-refractivity contribution is 14.0. The van der Waals surface area contributed by atoms with Crippen LogP contribution >= 0.6 is 24.0 Å². The fourth-order valence-corrected chi connectivity index (χ4v) is 1.78. The smallest absolute Gasteiger partial charge is 0.368 e. The Morgan fingerprint density at radius 3 is 2.46 bits per heavy atom. The van der Waals surface area contributed by atoms with Crippen molar-refractivity contribution in [3.8, 4) is 0 Å². The molecule has 0 aromatic carbocycles. The molecule has 1 rings (SSSR count). The van der Waals surface area contributed by atoms with Crippen molar-refractivity contribution in [2.24, 2.45) is 4.99 Å². The highest BCUT2D eigenvalue weighted by Gasteiger charge is 2.33. The molecule has 5 nitrogen and oxygen atoms in total. The third kappa shape index (κ3) is 8.55. The number of pyridine rings is 1. The molecule has 0 fully saturated rings. The molecule has 0 spiro atoms. The molecule has 0 bridgehead atoms. The normalized spacial score (nSPS) is 12.4. The summed E-state index contributed by atoms with van der Waals surface area (Å²) in [5.74, 6) is 0.447.